The van der Waals surface area contributed by atoms with Gasteiger partial charge >= 0.3 is 12.1 Å². The Morgan fingerprint density at radius 2 is 1.67 bits per heavy atom. The highest BCUT2D eigenvalue weighted by Gasteiger charge is 2.29. The minimum Gasteiger partial charge on any atom is -0.480 e. The minimum atomic E-state index is -1.02. The number of hydrogen-bond donors (Lipinski definition) is 3. The van der Waals surface area contributed by atoms with Crippen LogP contribution in [-0.4, -0.2) is 54.3 Å². The van der Waals surface area contributed by atoms with Gasteiger partial charge in [0.05, 0.1) is 0 Å². The van der Waals surface area contributed by atoms with E-state index in [1.54, 1.807) is 11.8 Å². The van der Waals surface area contributed by atoms with Crippen LogP contribution in [0.15, 0.2) is 48.5 Å². The van der Waals surface area contributed by atoms with Crippen molar-refractivity contribution in [3.8, 4) is 11.1 Å². The van der Waals surface area contributed by atoms with Crippen LogP contribution in [0.3, 0.4) is 0 Å². The summed E-state index contributed by atoms with van der Waals surface area (Å²) < 4.78 is 5.49. The molecule has 0 radical (unpaired) electrons. The molecule has 2 aromatic rings. The van der Waals surface area contributed by atoms with Gasteiger partial charge in [-0.1, -0.05) is 48.5 Å². The van der Waals surface area contributed by atoms with Crippen LogP contribution in [-0.2, 0) is 14.3 Å². The first kappa shape index (κ1) is 24.6. The highest BCUT2D eigenvalue weighted by molar-refractivity contribution is 7.98. The van der Waals surface area contributed by atoms with Crippen molar-refractivity contribution in [1.82, 2.24) is 10.6 Å². The second-order valence-corrected chi connectivity index (χ2v) is 8.93. The van der Waals surface area contributed by atoms with E-state index in [9.17, 15) is 19.5 Å². The fourth-order valence-electron chi connectivity index (χ4n) is 4.01. The Kier molecular flexibility index (Phi) is 9.18. The van der Waals surface area contributed by atoms with Gasteiger partial charge in [0, 0.05) is 18.9 Å². The maximum Gasteiger partial charge on any atom is 0.407 e. The van der Waals surface area contributed by atoms with Gasteiger partial charge < -0.3 is 20.5 Å². The molecule has 0 bridgehead atoms. The number of carbonyl (C=O) groups excluding carboxylic acids is 2. The molecule has 176 valence electrons. The van der Waals surface area contributed by atoms with Crippen LogP contribution < -0.4 is 10.6 Å². The summed E-state index contributed by atoms with van der Waals surface area (Å²) >= 11 is 1.54. The number of carbonyl (C=O) groups is 3. The molecule has 1 atom stereocenters. The van der Waals surface area contributed by atoms with Gasteiger partial charge in [-0.15, -0.1) is 0 Å². The Bertz CT molecular complexity index is 935. The van der Waals surface area contributed by atoms with Crippen molar-refractivity contribution in [2.75, 3.05) is 25.2 Å². The van der Waals surface area contributed by atoms with Crippen molar-refractivity contribution >= 4 is 29.7 Å². The molecule has 7 nitrogen and oxygen atoms in total. The summed E-state index contributed by atoms with van der Waals surface area (Å²) in [6, 6.07) is 15.5. The number of unbranched alkanes of at least 4 members (excludes halogenated alkanes) is 1. The molecule has 0 spiro atoms. The number of aliphatic carboxylic acids is 1. The number of amides is 2. The molecule has 1 unspecified atom stereocenters. The Morgan fingerprint density at radius 3 is 2.27 bits per heavy atom. The van der Waals surface area contributed by atoms with Crippen molar-refractivity contribution in [3.63, 3.8) is 0 Å². The molecule has 0 aromatic heterocycles. The van der Waals surface area contributed by atoms with E-state index < -0.39 is 18.1 Å². The first-order valence-corrected chi connectivity index (χ1v) is 12.5. The van der Waals surface area contributed by atoms with Gasteiger partial charge in [-0.3, -0.25) is 4.79 Å². The molecule has 0 heterocycles. The number of hydrogen-bond acceptors (Lipinski definition) is 5. The van der Waals surface area contributed by atoms with Crippen LogP contribution in [0.1, 0.15) is 42.7 Å². The van der Waals surface area contributed by atoms with E-state index >= 15 is 0 Å². The summed E-state index contributed by atoms with van der Waals surface area (Å²) in [6.45, 7) is 0.647. The molecule has 0 saturated carbocycles. The quantitative estimate of drug-likeness (QED) is 0.405. The maximum atomic E-state index is 12.2. The van der Waals surface area contributed by atoms with E-state index in [-0.39, 0.29) is 24.9 Å². The number of benzene rings is 2. The molecule has 8 heteroatoms. The van der Waals surface area contributed by atoms with Gasteiger partial charge in [0.25, 0.3) is 0 Å². The van der Waals surface area contributed by atoms with Gasteiger partial charge in [0.1, 0.15) is 12.6 Å². The van der Waals surface area contributed by atoms with Crippen molar-refractivity contribution in [2.45, 2.75) is 37.6 Å². The molecular formula is C25H30N2O5S. The first-order valence-electron chi connectivity index (χ1n) is 11.1. The standard InChI is InChI=1S/C25H30N2O5S/c1-33-15-13-22(24(29)30)27-23(28)12-6-7-14-26-25(31)32-16-21-19-10-4-2-8-17(19)18-9-3-5-11-20(18)21/h2-5,8-11,21-22H,6-7,12-16H2,1H3,(H,26,31)(H,27,28)(H,29,30). The lowest BCUT2D eigenvalue weighted by Gasteiger charge is -2.15. The second kappa shape index (κ2) is 12.3. The molecule has 2 aromatic carbocycles. The number of rotatable bonds is 12. The van der Waals surface area contributed by atoms with Crippen molar-refractivity contribution in [2.24, 2.45) is 0 Å². The number of carboxylic acids is 1. The molecule has 1 aliphatic carbocycles. The molecule has 0 fully saturated rings. The highest BCUT2D eigenvalue weighted by Crippen LogP contribution is 2.44. The molecule has 0 aliphatic heterocycles. The van der Waals surface area contributed by atoms with Crippen molar-refractivity contribution in [3.05, 3.63) is 59.7 Å². The van der Waals surface area contributed by atoms with Gasteiger partial charge in [-0.05, 0) is 53.5 Å². The third-order valence-electron chi connectivity index (χ3n) is 5.69. The number of carboxylic acid groups (broad SMARTS) is 1. The summed E-state index contributed by atoms with van der Waals surface area (Å²) in [5.74, 6) is -0.625. The lowest BCUT2D eigenvalue weighted by atomic mass is 9.98. The van der Waals surface area contributed by atoms with E-state index in [2.05, 4.69) is 34.9 Å². The predicted octanol–water partition coefficient (Wildman–Crippen LogP) is 4.02. The zero-order chi connectivity index (χ0) is 23.6. The Labute approximate surface area is 198 Å². The fourth-order valence-corrected chi connectivity index (χ4v) is 4.48. The minimum absolute atomic E-state index is 0.0140. The molecule has 33 heavy (non-hydrogen) atoms. The topological polar surface area (TPSA) is 105 Å². The SMILES string of the molecule is CSCCC(NC(=O)CCCCNC(=O)OCC1c2ccccc2-c2ccccc21)C(=O)O. The van der Waals surface area contributed by atoms with E-state index in [1.807, 2.05) is 30.5 Å². The number of fused-ring (bicyclic) bond motifs is 3. The van der Waals surface area contributed by atoms with Crippen LogP contribution in [0.25, 0.3) is 11.1 Å². The summed E-state index contributed by atoms with van der Waals surface area (Å²) in [7, 11) is 0. The van der Waals surface area contributed by atoms with Crippen molar-refractivity contribution < 1.29 is 24.2 Å². The molecule has 2 amide bonds. The number of ether oxygens (including phenoxy) is 1. The third-order valence-corrected chi connectivity index (χ3v) is 6.33. The Morgan fingerprint density at radius 1 is 1.03 bits per heavy atom. The number of thioether (sulfide) groups is 1. The molecule has 1 aliphatic rings. The largest absolute Gasteiger partial charge is 0.480 e. The van der Waals surface area contributed by atoms with Crippen LogP contribution >= 0.6 is 11.8 Å². The van der Waals surface area contributed by atoms with Crippen LogP contribution in [0.5, 0.6) is 0 Å². The smallest absolute Gasteiger partial charge is 0.407 e. The molecular weight excluding hydrogens is 440 g/mol. The van der Waals surface area contributed by atoms with E-state index in [0.717, 1.165) is 11.1 Å². The van der Waals surface area contributed by atoms with E-state index in [4.69, 9.17) is 4.74 Å². The zero-order valence-electron chi connectivity index (χ0n) is 18.7. The monoisotopic (exact) mass is 470 g/mol. The first-order chi connectivity index (χ1) is 16.0. The number of alkyl carbamates (subject to hydrolysis) is 1. The molecule has 0 saturated heterocycles. The van der Waals surface area contributed by atoms with Crippen LogP contribution in [0.4, 0.5) is 4.79 Å². The van der Waals surface area contributed by atoms with Crippen LogP contribution in [0, 0.1) is 0 Å². The van der Waals surface area contributed by atoms with E-state index in [1.165, 1.54) is 11.1 Å². The average molecular weight is 471 g/mol. The summed E-state index contributed by atoms with van der Waals surface area (Å²) in [6.07, 6.45) is 3.17. The van der Waals surface area contributed by atoms with Gasteiger partial charge in [-0.25, -0.2) is 9.59 Å². The lowest BCUT2D eigenvalue weighted by Crippen LogP contribution is -2.41. The fraction of sp³-hybridized carbons (Fsp3) is 0.400. The second-order valence-electron chi connectivity index (χ2n) is 7.95. The normalized spacial score (nSPS) is 13.0. The number of nitrogens with one attached hydrogen (secondary N) is 2. The summed E-state index contributed by atoms with van der Waals surface area (Å²) in [5, 5.41) is 14.5. The Hall–Kier alpha value is -3.00. The zero-order valence-corrected chi connectivity index (χ0v) is 19.5. The summed E-state index contributed by atoms with van der Waals surface area (Å²) in [5.41, 5.74) is 4.68. The van der Waals surface area contributed by atoms with Gasteiger partial charge in [-0.2, -0.15) is 11.8 Å². The Balaban J connectivity index is 1.36. The molecule has 3 rings (SSSR count). The summed E-state index contributed by atoms with van der Waals surface area (Å²) in [4.78, 5) is 35.3. The third kappa shape index (κ3) is 6.74. The van der Waals surface area contributed by atoms with Crippen LogP contribution in [0.2, 0.25) is 0 Å². The van der Waals surface area contributed by atoms with Gasteiger partial charge in [0.2, 0.25) is 5.91 Å². The average Bonchev–Trinajstić information content (AvgIpc) is 3.13. The van der Waals surface area contributed by atoms with E-state index in [0.29, 0.717) is 31.6 Å². The highest BCUT2D eigenvalue weighted by atomic mass is 32.2. The molecule has 3 N–H and O–H groups in total. The predicted molar refractivity (Wildman–Crippen MR) is 129 cm³/mol. The van der Waals surface area contributed by atoms with Gasteiger partial charge in [0.15, 0.2) is 0 Å². The van der Waals surface area contributed by atoms with Crippen molar-refractivity contribution in [1.29, 1.82) is 0 Å². The lowest BCUT2D eigenvalue weighted by molar-refractivity contribution is -0.141. The maximum absolute atomic E-state index is 12.2.